The van der Waals surface area contributed by atoms with Crippen molar-refractivity contribution in [3.63, 3.8) is 0 Å². The van der Waals surface area contributed by atoms with Crippen molar-refractivity contribution < 1.29 is 36.6 Å². The molecular formula is C32H38CoN2O4. The third kappa shape index (κ3) is 8.34. The second-order valence-corrected chi connectivity index (χ2v) is 10.1. The van der Waals surface area contributed by atoms with Gasteiger partial charge in [-0.2, -0.15) is 0 Å². The van der Waals surface area contributed by atoms with E-state index in [-0.39, 0.29) is 51.0 Å². The molecule has 39 heavy (non-hydrogen) atoms. The topological polar surface area (TPSA) is 105 Å². The minimum Gasteiger partial charge on any atom is -0.875 e. The number of ketones is 2. The van der Waals surface area contributed by atoms with Gasteiger partial charge in [-0.05, 0) is 88.8 Å². The van der Waals surface area contributed by atoms with Crippen LogP contribution in [0.2, 0.25) is 0 Å². The zero-order valence-electron chi connectivity index (χ0n) is 24.5. The van der Waals surface area contributed by atoms with Crippen molar-refractivity contribution >= 4 is 24.0 Å². The molecule has 2 unspecified atom stereocenters. The van der Waals surface area contributed by atoms with E-state index in [9.17, 15) is 19.8 Å². The Morgan fingerprint density at radius 1 is 0.615 bits per heavy atom. The molecule has 0 bridgehead atoms. The first-order chi connectivity index (χ1) is 17.6. The Labute approximate surface area is 242 Å². The minimum atomic E-state index is -0.638. The quantitative estimate of drug-likeness (QED) is 0.242. The van der Waals surface area contributed by atoms with E-state index in [1.165, 1.54) is 40.1 Å². The summed E-state index contributed by atoms with van der Waals surface area (Å²) in [6.45, 7) is 17.4. The van der Waals surface area contributed by atoms with Crippen molar-refractivity contribution in [3.05, 3.63) is 91.4 Å². The largest absolute Gasteiger partial charge is 2.00 e. The predicted molar refractivity (Wildman–Crippen MR) is 151 cm³/mol. The molecule has 2 aromatic rings. The van der Waals surface area contributed by atoms with Gasteiger partial charge < -0.3 is 10.2 Å². The van der Waals surface area contributed by atoms with Crippen LogP contribution in [0.3, 0.4) is 0 Å². The molecule has 1 radical (unpaired) electrons. The van der Waals surface area contributed by atoms with Crippen LogP contribution in [-0.2, 0) is 26.4 Å². The molecular weight excluding hydrogens is 535 g/mol. The number of rotatable bonds is 9. The van der Waals surface area contributed by atoms with Crippen LogP contribution in [0.1, 0.15) is 84.3 Å². The molecule has 209 valence electrons. The second-order valence-electron chi connectivity index (χ2n) is 10.1. The van der Waals surface area contributed by atoms with Crippen molar-refractivity contribution in [2.75, 3.05) is 0 Å². The third-order valence-electron chi connectivity index (χ3n) is 6.61. The van der Waals surface area contributed by atoms with Crippen molar-refractivity contribution in [1.29, 1.82) is 0 Å². The molecule has 0 N–H and O–H groups in total. The summed E-state index contributed by atoms with van der Waals surface area (Å²) in [5.74, 6) is -1.49. The summed E-state index contributed by atoms with van der Waals surface area (Å²) in [7, 11) is 0. The first-order valence-electron chi connectivity index (χ1n) is 12.6. The summed E-state index contributed by atoms with van der Waals surface area (Å²) in [5.41, 5.74) is 7.95. The summed E-state index contributed by atoms with van der Waals surface area (Å²) >= 11 is 0. The van der Waals surface area contributed by atoms with Crippen LogP contribution in [0.15, 0.2) is 56.9 Å². The smallest absolute Gasteiger partial charge is 0.875 e. The number of benzene rings is 2. The van der Waals surface area contributed by atoms with Crippen LogP contribution in [0, 0.1) is 41.5 Å². The molecule has 0 saturated carbocycles. The van der Waals surface area contributed by atoms with Gasteiger partial charge in [0.2, 0.25) is 0 Å². The van der Waals surface area contributed by atoms with Gasteiger partial charge in [-0.1, -0.05) is 49.2 Å². The first kappa shape index (κ1) is 33.7. The molecule has 0 amide bonds. The van der Waals surface area contributed by atoms with E-state index in [2.05, 4.69) is 24.3 Å². The molecule has 0 aliphatic rings. The average Bonchev–Trinajstić information content (AvgIpc) is 2.74. The molecule has 0 heterocycles. The van der Waals surface area contributed by atoms with Gasteiger partial charge in [0.1, 0.15) is 12.1 Å². The Morgan fingerprint density at radius 3 is 1.08 bits per heavy atom. The van der Waals surface area contributed by atoms with Gasteiger partial charge in [0, 0.05) is 23.6 Å². The van der Waals surface area contributed by atoms with Crippen molar-refractivity contribution in [1.82, 2.24) is 0 Å². The fourth-order valence-electron chi connectivity index (χ4n) is 5.11. The Morgan fingerprint density at radius 2 is 0.872 bits per heavy atom. The zero-order valence-corrected chi connectivity index (χ0v) is 25.5. The molecule has 6 nitrogen and oxygen atoms in total. The van der Waals surface area contributed by atoms with Crippen LogP contribution in [0.5, 0.6) is 0 Å². The molecule has 7 heteroatoms. The molecule has 0 spiro atoms. The second kappa shape index (κ2) is 14.2. The van der Waals surface area contributed by atoms with E-state index >= 15 is 0 Å². The number of nitrogens with zero attached hydrogens (tertiary/aromatic N) is 2. The number of hydrogen-bond acceptors (Lipinski definition) is 6. The molecule has 0 fully saturated rings. The van der Waals surface area contributed by atoms with Gasteiger partial charge in [-0.3, -0.25) is 19.6 Å². The Bertz CT molecular complexity index is 1220. The number of allylic oxidation sites excluding steroid dienone is 4. The number of aryl methyl sites for hydroxylation is 6. The number of hydrogen-bond donors (Lipinski definition) is 0. The summed E-state index contributed by atoms with van der Waals surface area (Å²) in [6, 6.07) is 6.96. The number of carbonyl (C=O) groups is 2. The standard InChI is InChI=1S/C32H40N2O4.Co/c1-17-11-19(3)29(20(4)12-17)31(33-15-27(23(7)35)24(8)36)32(34-16-28(25(9)37)26(10)38)30-21(5)13-18(2)14-22(30)6;/h11-16,31-32,35,37H,1-10H3;/q;+2/p-2/b27-23-,28-25-,33-15?,34-16?;. The van der Waals surface area contributed by atoms with Crippen molar-refractivity contribution in [2.24, 2.45) is 9.98 Å². The summed E-state index contributed by atoms with van der Waals surface area (Å²) in [4.78, 5) is 34.1. The van der Waals surface area contributed by atoms with E-state index < -0.39 is 12.1 Å². The van der Waals surface area contributed by atoms with Crippen LogP contribution in [-0.4, -0.2) is 24.0 Å². The van der Waals surface area contributed by atoms with Crippen LogP contribution >= 0.6 is 0 Å². The van der Waals surface area contributed by atoms with Crippen LogP contribution in [0.4, 0.5) is 0 Å². The summed E-state index contributed by atoms with van der Waals surface area (Å²) in [6.07, 6.45) is 2.69. The fraction of sp³-hybridized carbons (Fsp3) is 0.375. The fourth-order valence-corrected chi connectivity index (χ4v) is 5.11. The SMILES string of the molecule is CC(=O)/C(C=NC(c1c(C)cc(C)cc1C)C(N=C/C(C(C)=O)=C(\C)[O-])c1c(C)cc(C)cc1C)=C(/C)[O-].[Co+2]. The maximum atomic E-state index is 12.2. The van der Waals surface area contributed by atoms with Crippen molar-refractivity contribution in [3.8, 4) is 0 Å². The van der Waals surface area contributed by atoms with Gasteiger partial charge in [0.15, 0.2) is 11.6 Å². The maximum absolute atomic E-state index is 12.2. The average molecular weight is 574 g/mol. The molecule has 0 aliphatic heterocycles. The van der Waals surface area contributed by atoms with Crippen LogP contribution in [0.25, 0.3) is 0 Å². The molecule has 2 atom stereocenters. The maximum Gasteiger partial charge on any atom is 2.00 e. The number of aliphatic imine (C=N–C) groups is 2. The molecule has 0 saturated heterocycles. The zero-order chi connectivity index (χ0) is 28.9. The minimum absolute atomic E-state index is 0. The number of Topliss-reactive ketones (excluding diaryl/α,β-unsaturated/α-hetero) is 2. The Balaban J connectivity index is 0.00000760. The molecule has 0 aromatic heterocycles. The van der Waals surface area contributed by atoms with Crippen LogP contribution < -0.4 is 10.2 Å². The third-order valence-corrected chi connectivity index (χ3v) is 6.61. The normalized spacial score (nSPS) is 14.5. The van der Waals surface area contributed by atoms with Gasteiger partial charge in [0.05, 0.1) is 0 Å². The molecule has 2 rings (SSSR count). The predicted octanol–water partition coefficient (Wildman–Crippen LogP) is 4.91. The van der Waals surface area contributed by atoms with Gasteiger partial charge in [-0.25, -0.2) is 0 Å². The Hall–Kier alpha value is -3.29. The van der Waals surface area contributed by atoms with Crippen molar-refractivity contribution in [2.45, 2.75) is 81.3 Å². The molecule has 0 aliphatic carbocycles. The van der Waals surface area contributed by atoms with Gasteiger partial charge in [0.25, 0.3) is 0 Å². The summed E-state index contributed by atoms with van der Waals surface area (Å²) in [5, 5.41) is 24.4. The van der Waals surface area contributed by atoms with E-state index in [1.54, 1.807) is 0 Å². The van der Waals surface area contributed by atoms with E-state index in [0.717, 1.165) is 44.5 Å². The van der Waals surface area contributed by atoms with Gasteiger partial charge in [-0.15, -0.1) is 11.5 Å². The summed E-state index contributed by atoms with van der Waals surface area (Å²) < 4.78 is 0. The van der Waals surface area contributed by atoms with E-state index in [1.807, 2.05) is 41.5 Å². The molecule has 2 aromatic carbocycles. The van der Waals surface area contributed by atoms with E-state index in [0.29, 0.717) is 0 Å². The van der Waals surface area contributed by atoms with E-state index in [4.69, 9.17) is 9.98 Å². The number of carbonyl (C=O) groups excluding carboxylic acids is 2. The Kier molecular flexibility index (Phi) is 12.3. The monoisotopic (exact) mass is 573 g/mol. The van der Waals surface area contributed by atoms with Gasteiger partial charge >= 0.3 is 16.8 Å². The first-order valence-corrected chi connectivity index (χ1v) is 12.6.